The summed E-state index contributed by atoms with van der Waals surface area (Å²) in [4.78, 5) is 10.1. The van der Waals surface area contributed by atoms with Gasteiger partial charge in [-0.15, -0.1) is 11.3 Å². The molecule has 1 aromatic heterocycles. The summed E-state index contributed by atoms with van der Waals surface area (Å²) in [6.45, 7) is -0.870. The van der Waals surface area contributed by atoms with Crippen LogP contribution < -0.4 is 4.72 Å². The topological polar surface area (TPSA) is 104 Å². The molecule has 0 radical (unpaired) electrons. The van der Waals surface area contributed by atoms with Gasteiger partial charge in [-0.1, -0.05) is 0 Å². The second-order valence-electron chi connectivity index (χ2n) is 3.31. The van der Waals surface area contributed by atoms with Crippen LogP contribution in [-0.2, 0) is 10.0 Å². The molecule has 19 heavy (non-hydrogen) atoms. The first-order chi connectivity index (χ1) is 8.65. The van der Waals surface area contributed by atoms with E-state index < -0.39 is 35.1 Å². The Labute approximate surface area is 119 Å². The molecule has 0 bridgehead atoms. The molecule has 108 valence electrons. The van der Waals surface area contributed by atoms with Crippen molar-refractivity contribution in [1.82, 2.24) is 4.72 Å². The minimum absolute atomic E-state index is 0.0314. The van der Waals surface area contributed by atoms with Crippen molar-refractivity contribution in [2.75, 3.05) is 6.54 Å². The van der Waals surface area contributed by atoms with Gasteiger partial charge in [-0.05, 0) is 22.0 Å². The van der Waals surface area contributed by atoms with Crippen LogP contribution in [0.5, 0.6) is 0 Å². The molecular formula is C8H8BrF2NO5S2. The van der Waals surface area contributed by atoms with Crippen LogP contribution in [0.1, 0.15) is 9.67 Å². The van der Waals surface area contributed by atoms with E-state index in [0.717, 1.165) is 6.07 Å². The molecule has 1 heterocycles. The summed E-state index contributed by atoms with van der Waals surface area (Å²) in [7, 11) is -4.18. The second-order valence-corrected chi connectivity index (χ2v) is 7.41. The van der Waals surface area contributed by atoms with Gasteiger partial charge in [-0.3, -0.25) is 0 Å². The average Bonchev–Trinajstić information content (AvgIpc) is 2.69. The van der Waals surface area contributed by atoms with Crippen molar-refractivity contribution < 1.29 is 32.2 Å². The lowest BCUT2D eigenvalue weighted by atomic mass is 10.4. The Morgan fingerprint density at radius 3 is 2.53 bits per heavy atom. The van der Waals surface area contributed by atoms with E-state index in [0.29, 0.717) is 11.3 Å². The normalized spacial score (nSPS) is 13.7. The lowest BCUT2D eigenvalue weighted by Gasteiger charge is -2.10. The number of hydrogen-bond donors (Lipinski definition) is 3. The van der Waals surface area contributed by atoms with Crippen molar-refractivity contribution in [3.05, 3.63) is 14.7 Å². The van der Waals surface area contributed by atoms with Crippen LogP contribution in [0.4, 0.5) is 8.78 Å². The van der Waals surface area contributed by atoms with E-state index in [1.807, 2.05) is 0 Å². The monoisotopic (exact) mass is 379 g/mol. The minimum Gasteiger partial charge on any atom is -0.477 e. The van der Waals surface area contributed by atoms with Gasteiger partial charge in [-0.25, -0.2) is 26.7 Å². The Kier molecular flexibility index (Phi) is 5.38. The fraction of sp³-hybridized carbons (Fsp3) is 0.375. The van der Waals surface area contributed by atoms with Crippen molar-refractivity contribution in [3.63, 3.8) is 0 Å². The Morgan fingerprint density at radius 2 is 2.11 bits per heavy atom. The summed E-state index contributed by atoms with van der Waals surface area (Å²) >= 11 is 3.56. The van der Waals surface area contributed by atoms with E-state index >= 15 is 0 Å². The van der Waals surface area contributed by atoms with E-state index in [4.69, 9.17) is 10.2 Å². The summed E-state index contributed by atoms with van der Waals surface area (Å²) < 4.78 is 49.3. The summed E-state index contributed by atoms with van der Waals surface area (Å²) in [5, 5.41) is 17.5. The number of rotatable bonds is 6. The van der Waals surface area contributed by atoms with Gasteiger partial charge in [0, 0.05) is 6.54 Å². The second kappa shape index (κ2) is 6.22. The Morgan fingerprint density at radius 1 is 1.53 bits per heavy atom. The standard InChI is InChI=1S/C8H8BrF2NO5S2/c9-6-5(1-4(18-6)8(14)15)19(16,17)12-2-3(13)7(10)11/h1,3,7,12-13H,2H2,(H,14,15). The molecule has 1 unspecified atom stereocenters. The van der Waals surface area contributed by atoms with Crippen LogP contribution >= 0.6 is 27.3 Å². The number of halogens is 3. The highest BCUT2D eigenvalue weighted by atomic mass is 79.9. The summed E-state index contributed by atoms with van der Waals surface area (Å²) in [6, 6.07) is 0.897. The Bertz CT molecular complexity index is 574. The molecule has 0 fully saturated rings. The predicted octanol–water partition coefficient (Wildman–Crippen LogP) is 1.11. The number of carbonyl (C=O) groups is 1. The van der Waals surface area contributed by atoms with E-state index in [2.05, 4.69) is 15.9 Å². The number of aliphatic hydroxyl groups is 1. The van der Waals surface area contributed by atoms with Crippen LogP contribution in [-0.4, -0.2) is 43.7 Å². The average molecular weight is 380 g/mol. The molecule has 0 amide bonds. The molecule has 1 atom stereocenters. The molecule has 0 aliphatic heterocycles. The highest BCUT2D eigenvalue weighted by Crippen LogP contribution is 2.31. The number of hydrogen-bond acceptors (Lipinski definition) is 5. The lowest BCUT2D eigenvalue weighted by molar-refractivity contribution is -0.000452. The SMILES string of the molecule is O=C(O)c1cc(S(=O)(=O)NCC(O)C(F)F)c(Br)s1. The van der Waals surface area contributed by atoms with Crippen LogP contribution in [0.2, 0.25) is 0 Å². The third kappa shape index (κ3) is 4.18. The molecule has 0 aliphatic carbocycles. The zero-order valence-corrected chi connectivity index (χ0v) is 12.2. The van der Waals surface area contributed by atoms with E-state index in [1.54, 1.807) is 4.72 Å². The maximum Gasteiger partial charge on any atom is 0.345 e. The third-order valence-corrected chi connectivity index (χ3v) is 5.59. The number of nitrogens with one attached hydrogen (secondary N) is 1. The maximum atomic E-state index is 12.0. The van der Waals surface area contributed by atoms with Gasteiger partial charge in [0.25, 0.3) is 6.43 Å². The van der Waals surface area contributed by atoms with Crippen LogP contribution in [0, 0.1) is 0 Å². The van der Waals surface area contributed by atoms with E-state index in [-0.39, 0.29) is 13.6 Å². The maximum absolute atomic E-state index is 12.0. The van der Waals surface area contributed by atoms with E-state index in [1.165, 1.54) is 0 Å². The Hall–Kier alpha value is -0.620. The van der Waals surface area contributed by atoms with Crippen molar-refractivity contribution in [3.8, 4) is 0 Å². The number of alkyl halides is 2. The first kappa shape index (κ1) is 16.4. The molecule has 0 saturated carbocycles. The van der Waals surface area contributed by atoms with Crippen molar-refractivity contribution in [1.29, 1.82) is 0 Å². The summed E-state index contributed by atoms with van der Waals surface area (Å²) in [5.74, 6) is -1.31. The van der Waals surface area contributed by atoms with Gasteiger partial charge < -0.3 is 10.2 Å². The van der Waals surface area contributed by atoms with Gasteiger partial charge in [0.15, 0.2) is 0 Å². The molecule has 0 aliphatic rings. The molecule has 11 heteroatoms. The molecule has 3 N–H and O–H groups in total. The number of sulfonamides is 1. The highest BCUT2D eigenvalue weighted by molar-refractivity contribution is 9.11. The fourth-order valence-electron chi connectivity index (χ4n) is 1.00. The quantitative estimate of drug-likeness (QED) is 0.686. The van der Waals surface area contributed by atoms with Crippen molar-refractivity contribution in [2.45, 2.75) is 17.4 Å². The van der Waals surface area contributed by atoms with Gasteiger partial charge in [-0.2, -0.15) is 0 Å². The minimum atomic E-state index is -4.18. The van der Waals surface area contributed by atoms with Crippen molar-refractivity contribution >= 4 is 43.3 Å². The Balaban J connectivity index is 2.92. The van der Waals surface area contributed by atoms with Gasteiger partial charge >= 0.3 is 5.97 Å². The predicted molar refractivity (Wildman–Crippen MR) is 66.2 cm³/mol. The van der Waals surface area contributed by atoms with Crippen LogP contribution in [0.25, 0.3) is 0 Å². The zero-order chi connectivity index (χ0) is 14.8. The summed E-state index contributed by atoms with van der Waals surface area (Å²) in [5.41, 5.74) is 0. The van der Waals surface area contributed by atoms with Crippen LogP contribution in [0.15, 0.2) is 14.7 Å². The molecule has 1 aromatic rings. The van der Waals surface area contributed by atoms with Gasteiger partial charge in [0.05, 0.1) is 3.79 Å². The number of thiophene rings is 1. The molecule has 0 aromatic carbocycles. The number of carboxylic acid groups (broad SMARTS) is 1. The molecule has 0 spiro atoms. The fourth-order valence-corrected chi connectivity index (χ4v) is 4.45. The summed E-state index contributed by atoms with van der Waals surface area (Å²) in [6.07, 6.45) is -5.21. The largest absolute Gasteiger partial charge is 0.477 e. The molecule has 6 nitrogen and oxygen atoms in total. The number of carboxylic acids is 1. The van der Waals surface area contributed by atoms with Crippen LogP contribution in [0.3, 0.4) is 0 Å². The lowest BCUT2D eigenvalue weighted by Crippen LogP contribution is -2.35. The molecule has 0 saturated heterocycles. The van der Waals surface area contributed by atoms with Gasteiger partial charge in [0.1, 0.15) is 15.9 Å². The first-order valence-electron chi connectivity index (χ1n) is 4.63. The van der Waals surface area contributed by atoms with Gasteiger partial charge in [0.2, 0.25) is 10.0 Å². The van der Waals surface area contributed by atoms with E-state index in [9.17, 15) is 22.0 Å². The zero-order valence-electron chi connectivity index (χ0n) is 9.01. The first-order valence-corrected chi connectivity index (χ1v) is 7.73. The number of aromatic carboxylic acids is 1. The molecular weight excluding hydrogens is 372 g/mol. The number of aliphatic hydroxyl groups excluding tert-OH is 1. The van der Waals surface area contributed by atoms with Crippen molar-refractivity contribution in [2.24, 2.45) is 0 Å². The highest BCUT2D eigenvalue weighted by Gasteiger charge is 2.25. The smallest absolute Gasteiger partial charge is 0.345 e. The molecule has 1 rings (SSSR count). The third-order valence-electron chi connectivity index (χ3n) is 1.93.